The first-order valence-corrected chi connectivity index (χ1v) is 7.12. The lowest BCUT2D eigenvalue weighted by Gasteiger charge is -2.23. The van der Waals surface area contributed by atoms with E-state index in [1.807, 2.05) is 0 Å². The third-order valence-corrected chi connectivity index (χ3v) is 4.57. The molecule has 1 aromatic carbocycles. The number of rotatable bonds is 2. The molecular formula is C14H14ClFN2O3. The molecule has 5 nitrogen and oxygen atoms in total. The minimum atomic E-state index is -0.863. The molecule has 7 heteroatoms. The zero-order valence-electron chi connectivity index (χ0n) is 11.1. The Hall–Kier alpha value is -1.82. The van der Waals surface area contributed by atoms with Crippen LogP contribution >= 0.6 is 11.6 Å². The molecular weight excluding hydrogens is 299 g/mol. The van der Waals surface area contributed by atoms with Gasteiger partial charge in [0.15, 0.2) is 0 Å². The summed E-state index contributed by atoms with van der Waals surface area (Å²) in [6, 6.07) is 3.32. The molecule has 0 radical (unpaired) electrons. The number of nitrogens with one attached hydrogen (secondary N) is 1. The van der Waals surface area contributed by atoms with E-state index in [2.05, 4.69) is 5.32 Å². The second-order valence-electron chi connectivity index (χ2n) is 5.45. The van der Waals surface area contributed by atoms with Crippen LogP contribution in [0.3, 0.4) is 0 Å². The first-order chi connectivity index (χ1) is 9.97. The second-order valence-corrected chi connectivity index (χ2v) is 5.85. The minimum absolute atomic E-state index is 0.0137. The van der Waals surface area contributed by atoms with Crippen molar-refractivity contribution in [3.8, 4) is 0 Å². The maximum Gasteiger partial charge on any atom is 0.322 e. The summed E-state index contributed by atoms with van der Waals surface area (Å²) < 4.78 is 13.4. The fourth-order valence-electron chi connectivity index (χ4n) is 3.33. The number of nitrogens with zero attached hydrogens (tertiary/aromatic N) is 1. The van der Waals surface area contributed by atoms with Crippen LogP contribution in [0.4, 0.5) is 14.9 Å². The monoisotopic (exact) mass is 312 g/mol. The Morgan fingerprint density at radius 2 is 2.14 bits per heavy atom. The van der Waals surface area contributed by atoms with E-state index >= 15 is 0 Å². The van der Waals surface area contributed by atoms with Gasteiger partial charge in [0.05, 0.1) is 10.9 Å². The fourth-order valence-corrected chi connectivity index (χ4v) is 3.45. The summed E-state index contributed by atoms with van der Waals surface area (Å²) in [5, 5.41) is 11.8. The van der Waals surface area contributed by atoms with Crippen molar-refractivity contribution >= 4 is 29.3 Å². The van der Waals surface area contributed by atoms with Gasteiger partial charge in [0.25, 0.3) is 0 Å². The minimum Gasteiger partial charge on any atom is -0.481 e. The number of hydrogen-bond acceptors (Lipinski definition) is 2. The van der Waals surface area contributed by atoms with Crippen molar-refractivity contribution < 1.29 is 19.1 Å². The number of benzene rings is 1. The third-order valence-electron chi connectivity index (χ3n) is 4.26. The molecule has 2 aliphatic heterocycles. The van der Waals surface area contributed by atoms with E-state index in [1.54, 1.807) is 4.90 Å². The van der Waals surface area contributed by atoms with Crippen LogP contribution in [0.5, 0.6) is 0 Å². The summed E-state index contributed by atoms with van der Waals surface area (Å²) in [5.74, 6) is -1.98. The number of fused-ring (bicyclic) bond motifs is 2. The quantitative estimate of drug-likeness (QED) is 0.882. The SMILES string of the molecule is O=C(O)C1CC2CCC1N2C(=O)Nc1ccc(Cl)c(F)c1. The van der Waals surface area contributed by atoms with E-state index in [0.717, 1.165) is 12.5 Å². The third kappa shape index (κ3) is 2.44. The van der Waals surface area contributed by atoms with Gasteiger partial charge < -0.3 is 15.3 Å². The van der Waals surface area contributed by atoms with E-state index in [4.69, 9.17) is 16.7 Å². The Morgan fingerprint density at radius 3 is 2.76 bits per heavy atom. The van der Waals surface area contributed by atoms with Crippen LogP contribution in [-0.4, -0.2) is 34.1 Å². The van der Waals surface area contributed by atoms with Gasteiger partial charge in [0.2, 0.25) is 0 Å². The molecule has 2 amide bonds. The number of carboxylic acid groups (broad SMARTS) is 1. The lowest BCUT2D eigenvalue weighted by atomic mass is 9.89. The highest BCUT2D eigenvalue weighted by atomic mass is 35.5. The van der Waals surface area contributed by atoms with Gasteiger partial charge in [-0.1, -0.05) is 11.6 Å². The molecule has 2 N–H and O–H groups in total. The largest absolute Gasteiger partial charge is 0.481 e. The smallest absolute Gasteiger partial charge is 0.322 e. The summed E-state index contributed by atoms with van der Waals surface area (Å²) in [6.45, 7) is 0. The summed E-state index contributed by atoms with van der Waals surface area (Å²) in [4.78, 5) is 25.1. The van der Waals surface area contributed by atoms with Crippen molar-refractivity contribution in [2.24, 2.45) is 5.92 Å². The lowest BCUT2D eigenvalue weighted by Crippen LogP contribution is -2.40. The first-order valence-electron chi connectivity index (χ1n) is 6.74. The summed E-state index contributed by atoms with van der Waals surface area (Å²) in [7, 11) is 0. The number of halogens is 2. The van der Waals surface area contributed by atoms with Gasteiger partial charge in [-0.25, -0.2) is 9.18 Å². The van der Waals surface area contributed by atoms with Gasteiger partial charge >= 0.3 is 12.0 Å². The predicted molar refractivity (Wildman–Crippen MR) is 74.8 cm³/mol. The molecule has 3 rings (SSSR count). The summed E-state index contributed by atoms with van der Waals surface area (Å²) in [5.41, 5.74) is 0.306. The highest BCUT2D eigenvalue weighted by Gasteiger charge is 2.51. The van der Waals surface area contributed by atoms with E-state index < -0.39 is 17.7 Å². The molecule has 2 aliphatic rings. The number of carboxylic acids is 1. The number of carbonyl (C=O) groups excluding carboxylic acids is 1. The van der Waals surface area contributed by atoms with E-state index in [1.165, 1.54) is 12.1 Å². The molecule has 2 fully saturated rings. The van der Waals surface area contributed by atoms with E-state index in [-0.39, 0.29) is 23.1 Å². The van der Waals surface area contributed by atoms with Crippen molar-refractivity contribution in [1.29, 1.82) is 0 Å². The van der Waals surface area contributed by atoms with Crippen molar-refractivity contribution in [3.63, 3.8) is 0 Å². The predicted octanol–water partition coefficient (Wildman–Crippen LogP) is 2.95. The van der Waals surface area contributed by atoms with Crippen LogP contribution in [-0.2, 0) is 4.79 Å². The fraction of sp³-hybridized carbons (Fsp3) is 0.429. The van der Waals surface area contributed by atoms with Crippen molar-refractivity contribution in [2.45, 2.75) is 31.3 Å². The number of aliphatic carboxylic acids is 1. The molecule has 0 aromatic heterocycles. The Labute approximate surface area is 125 Å². The maximum atomic E-state index is 13.4. The van der Waals surface area contributed by atoms with Crippen LogP contribution in [0.15, 0.2) is 18.2 Å². The van der Waals surface area contributed by atoms with Crippen molar-refractivity contribution in [1.82, 2.24) is 4.90 Å². The number of hydrogen-bond donors (Lipinski definition) is 2. The molecule has 2 bridgehead atoms. The molecule has 3 atom stereocenters. The Morgan fingerprint density at radius 1 is 1.38 bits per heavy atom. The standard InChI is InChI=1S/C14H14ClFN2O3/c15-10-3-1-7(5-11(10)16)17-14(21)18-8-2-4-12(18)9(6-8)13(19)20/h1,3,5,8-9,12H,2,4,6H2,(H,17,21)(H,19,20). The van der Waals surface area contributed by atoms with Crippen LogP contribution in [0.2, 0.25) is 5.02 Å². The average Bonchev–Trinajstić information content (AvgIpc) is 3.00. The molecule has 21 heavy (non-hydrogen) atoms. The summed E-state index contributed by atoms with van der Waals surface area (Å²) in [6.07, 6.45) is 2.00. The number of amides is 2. The van der Waals surface area contributed by atoms with Crippen molar-refractivity contribution in [2.75, 3.05) is 5.32 Å². The normalized spacial score (nSPS) is 27.0. The number of urea groups is 1. The highest BCUT2D eigenvalue weighted by Crippen LogP contribution is 2.42. The van der Waals surface area contributed by atoms with Gasteiger partial charge in [-0.2, -0.15) is 0 Å². The lowest BCUT2D eigenvalue weighted by molar-refractivity contribution is -0.142. The Bertz CT molecular complexity index is 610. The average molecular weight is 313 g/mol. The van der Waals surface area contributed by atoms with Crippen LogP contribution in [0.25, 0.3) is 0 Å². The van der Waals surface area contributed by atoms with Gasteiger partial charge in [-0.15, -0.1) is 0 Å². The Kier molecular flexibility index (Phi) is 3.49. The van der Waals surface area contributed by atoms with Crippen LogP contribution < -0.4 is 5.32 Å². The molecule has 2 saturated heterocycles. The molecule has 2 heterocycles. The molecule has 0 saturated carbocycles. The summed E-state index contributed by atoms with van der Waals surface area (Å²) >= 11 is 5.59. The van der Waals surface area contributed by atoms with Crippen LogP contribution in [0.1, 0.15) is 19.3 Å². The van der Waals surface area contributed by atoms with Gasteiger partial charge in [0.1, 0.15) is 5.82 Å². The molecule has 0 aliphatic carbocycles. The van der Waals surface area contributed by atoms with E-state index in [9.17, 15) is 14.0 Å². The second kappa shape index (κ2) is 5.18. The number of anilines is 1. The zero-order chi connectivity index (χ0) is 15.1. The highest BCUT2D eigenvalue weighted by molar-refractivity contribution is 6.30. The van der Waals surface area contributed by atoms with Gasteiger partial charge in [-0.3, -0.25) is 4.79 Å². The topological polar surface area (TPSA) is 69.6 Å². The van der Waals surface area contributed by atoms with E-state index in [0.29, 0.717) is 18.5 Å². The number of carbonyl (C=O) groups is 2. The Balaban J connectivity index is 1.74. The molecule has 0 spiro atoms. The van der Waals surface area contributed by atoms with Crippen LogP contribution in [0, 0.1) is 11.7 Å². The molecule has 1 aromatic rings. The van der Waals surface area contributed by atoms with Crippen molar-refractivity contribution in [3.05, 3.63) is 29.0 Å². The first kappa shape index (κ1) is 14.1. The molecule has 112 valence electrons. The van der Waals surface area contributed by atoms with Gasteiger partial charge in [-0.05, 0) is 37.5 Å². The van der Waals surface area contributed by atoms with Gasteiger partial charge in [0, 0.05) is 17.8 Å². The molecule has 3 unspecified atom stereocenters. The maximum absolute atomic E-state index is 13.4. The zero-order valence-corrected chi connectivity index (χ0v) is 11.8.